The largest absolute Gasteiger partial charge is 0.444 e. The van der Waals surface area contributed by atoms with Gasteiger partial charge < -0.3 is 9.64 Å². The van der Waals surface area contributed by atoms with Crippen molar-refractivity contribution in [2.75, 3.05) is 6.54 Å². The number of hydrogen-bond donors (Lipinski definition) is 0. The number of benzene rings is 1. The number of carbonyl (C=O) groups is 2. The van der Waals surface area contributed by atoms with E-state index in [4.69, 9.17) is 4.74 Å². The van der Waals surface area contributed by atoms with E-state index in [1.807, 2.05) is 39.8 Å². The molecule has 3 rings (SSSR count). The maximum atomic E-state index is 12.5. The lowest BCUT2D eigenvalue weighted by Crippen LogP contribution is -2.44. The van der Waals surface area contributed by atoms with Gasteiger partial charge in [0.25, 0.3) is 0 Å². The van der Waals surface area contributed by atoms with Crippen LogP contribution in [0.2, 0.25) is 0 Å². The van der Waals surface area contributed by atoms with Crippen molar-refractivity contribution in [3.8, 4) is 0 Å². The third-order valence-corrected chi connectivity index (χ3v) is 4.23. The van der Waals surface area contributed by atoms with E-state index in [0.29, 0.717) is 6.54 Å². The highest BCUT2D eigenvalue weighted by Crippen LogP contribution is 2.45. The van der Waals surface area contributed by atoms with E-state index < -0.39 is 5.60 Å². The summed E-state index contributed by atoms with van der Waals surface area (Å²) in [5.41, 5.74) is 2.48. The van der Waals surface area contributed by atoms with Crippen molar-refractivity contribution in [2.24, 2.45) is 5.92 Å². The van der Waals surface area contributed by atoms with Gasteiger partial charge in [0.1, 0.15) is 5.60 Å². The molecule has 1 aromatic rings. The standard InChI is InChI=1S/C17H21NO3/c1-10-14-13-11(6-5-7-12(13)15(10)19)8-9-18(14)16(20)21-17(2,3)4/h5-7,10,14H,8-9H2,1-4H3. The quantitative estimate of drug-likeness (QED) is 0.735. The fraction of sp³-hybridized carbons (Fsp3) is 0.529. The highest BCUT2D eigenvalue weighted by molar-refractivity contribution is 6.03. The van der Waals surface area contributed by atoms with Gasteiger partial charge in [-0.2, -0.15) is 0 Å². The van der Waals surface area contributed by atoms with Crippen LogP contribution in [0.15, 0.2) is 18.2 Å². The number of ketones is 1. The maximum Gasteiger partial charge on any atom is 0.410 e. The van der Waals surface area contributed by atoms with Gasteiger partial charge in [0.2, 0.25) is 0 Å². The molecule has 1 aliphatic carbocycles. The fourth-order valence-corrected chi connectivity index (χ4v) is 3.36. The van der Waals surface area contributed by atoms with Gasteiger partial charge in [-0.1, -0.05) is 25.1 Å². The van der Waals surface area contributed by atoms with Crippen LogP contribution in [-0.4, -0.2) is 28.9 Å². The predicted molar refractivity (Wildman–Crippen MR) is 79.3 cm³/mol. The smallest absolute Gasteiger partial charge is 0.410 e. The molecule has 112 valence electrons. The molecule has 0 N–H and O–H groups in total. The molecule has 0 spiro atoms. The predicted octanol–water partition coefficient (Wildman–Crippen LogP) is 3.35. The van der Waals surface area contributed by atoms with Crippen molar-refractivity contribution in [1.29, 1.82) is 0 Å². The number of nitrogens with zero attached hydrogens (tertiary/aromatic N) is 1. The van der Waals surface area contributed by atoms with Crippen LogP contribution in [0.4, 0.5) is 4.79 Å². The lowest BCUT2D eigenvalue weighted by Gasteiger charge is -2.37. The summed E-state index contributed by atoms with van der Waals surface area (Å²) in [6.07, 6.45) is 0.452. The number of amides is 1. The zero-order valence-electron chi connectivity index (χ0n) is 13.0. The molecule has 1 heterocycles. The van der Waals surface area contributed by atoms with Crippen LogP contribution in [0.25, 0.3) is 0 Å². The van der Waals surface area contributed by atoms with Crippen LogP contribution in [0, 0.1) is 5.92 Å². The van der Waals surface area contributed by atoms with Crippen molar-refractivity contribution in [2.45, 2.75) is 45.8 Å². The van der Waals surface area contributed by atoms with Crippen LogP contribution >= 0.6 is 0 Å². The number of rotatable bonds is 0. The lowest BCUT2D eigenvalue weighted by molar-refractivity contribution is 0.0103. The minimum atomic E-state index is -0.525. The van der Waals surface area contributed by atoms with E-state index in [0.717, 1.165) is 17.5 Å². The molecule has 0 bridgehead atoms. The minimum Gasteiger partial charge on any atom is -0.444 e. The van der Waals surface area contributed by atoms with Gasteiger partial charge in [0, 0.05) is 18.0 Å². The molecular formula is C17H21NO3. The van der Waals surface area contributed by atoms with Crippen LogP contribution in [0.3, 0.4) is 0 Å². The number of Topliss-reactive ketones (excluding diaryl/α,β-unsaturated/α-hetero) is 1. The van der Waals surface area contributed by atoms with E-state index >= 15 is 0 Å². The first-order valence-electron chi connectivity index (χ1n) is 7.45. The summed E-state index contributed by atoms with van der Waals surface area (Å²) in [5.74, 6) is -0.0683. The van der Waals surface area contributed by atoms with Gasteiger partial charge >= 0.3 is 6.09 Å². The second kappa shape index (κ2) is 4.58. The van der Waals surface area contributed by atoms with Gasteiger partial charge in [0.15, 0.2) is 5.78 Å². The highest BCUT2D eigenvalue weighted by atomic mass is 16.6. The molecule has 0 fully saturated rings. The molecule has 1 aliphatic heterocycles. The van der Waals surface area contributed by atoms with Gasteiger partial charge in [-0.3, -0.25) is 4.79 Å². The summed E-state index contributed by atoms with van der Waals surface area (Å²) in [7, 11) is 0. The minimum absolute atomic E-state index is 0.132. The van der Waals surface area contributed by atoms with Crippen LogP contribution < -0.4 is 0 Å². The summed E-state index contributed by atoms with van der Waals surface area (Å²) in [6.45, 7) is 8.08. The Labute approximate surface area is 125 Å². The number of hydrogen-bond acceptors (Lipinski definition) is 3. The Kier molecular flexibility index (Phi) is 3.08. The summed E-state index contributed by atoms with van der Waals surface area (Å²) in [4.78, 5) is 26.6. The monoisotopic (exact) mass is 287 g/mol. The number of carbonyl (C=O) groups excluding carboxylic acids is 2. The first-order valence-corrected chi connectivity index (χ1v) is 7.45. The molecule has 2 aliphatic rings. The summed E-state index contributed by atoms with van der Waals surface area (Å²) >= 11 is 0. The molecule has 0 radical (unpaired) electrons. The van der Waals surface area contributed by atoms with Crippen LogP contribution in [-0.2, 0) is 11.2 Å². The fourth-order valence-electron chi connectivity index (χ4n) is 3.36. The Morgan fingerprint density at radius 3 is 2.71 bits per heavy atom. The Morgan fingerprint density at radius 2 is 2.05 bits per heavy atom. The van der Waals surface area contributed by atoms with Crippen LogP contribution in [0.5, 0.6) is 0 Å². The Morgan fingerprint density at radius 1 is 1.33 bits per heavy atom. The lowest BCUT2D eigenvalue weighted by atomic mass is 9.91. The molecule has 21 heavy (non-hydrogen) atoms. The van der Waals surface area contributed by atoms with Crippen LogP contribution in [0.1, 0.15) is 55.2 Å². The Hall–Kier alpha value is -1.84. The summed E-state index contributed by atoms with van der Waals surface area (Å²) < 4.78 is 5.51. The maximum absolute atomic E-state index is 12.5. The summed E-state index contributed by atoms with van der Waals surface area (Å²) in [5, 5.41) is 0. The third-order valence-electron chi connectivity index (χ3n) is 4.23. The van der Waals surface area contributed by atoms with E-state index in [1.54, 1.807) is 4.90 Å². The number of ether oxygens (including phenoxy) is 1. The molecule has 1 amide bonds. The van der Waals surface area contributed by atoms with Crippen molar-refractivity contribution in [1.82, 2.24) is 4.90 Å². The average Bonchev–Trinajstić information content (AvgIpc) is 2.65. The molecule has 0 saturated carbocycles. The van der Waals surface area contributed by atoms with Crippen molar-refractivity contribution >= 4 is 11.9 Å². The van der Waals surface area contributed by atoms with Gasteiger partial charge in [-0.05, 0) is 38.3 Å². The molecule has 0 aromatic heterocycles. The summed E-state index contributed by atoms with van der Waals surface area (Å²) in [6, 6.07) is 5.69. The molecule has 0 saturated heterocycles. The zero-order chi connectivity index (χ0) is 15.4. The highest BCUT2D eigenvalue weighted by Gasteiger charge is 2.46. The van der Waals surface area contributed by atoms with Gasteiger partial charge in [-0.25, -0.2) is 4.79 Å². The second-order valence-corrected chi connectivity index (χ2v) is 6.90. The van der Waals surface area contributed by atoms with E-state index in [2.05, 4.69) is 6.07 Å². The average molecular weight is 287 g/mol. The zero-order valence-corrected chi connectivity index (χ0v) is 13.0. The topological polar surface area (TPSA) is 46.6 Å². The molecule has 4 nitrogen and oxygen atoms in total. The van der Waals surface area contributed by atoms with Crippen molar-refractivity contribution in [3.05, 3.63) is 34.9 Å². The molecule has 2 unspecified atom stereocenters. The Bertz CT molecular complexity index is 615. The molecule has 4 heteroatoms. The molecule has 1 aromatic carbocycles. The van der Waals surface area contributed by atoms with E-state index in [-0.39, 0.29) is 23.8 Å². The second-order valence-electron chi connectivity index (χ2n) is 6.90. The van der Waals surface area contributed by atoms with Gasteiger partial charge in [-0.15, -0.1) is 0 Å². The van der Waals surface area contributed by atoms with E-state index in [9.17, 15) is 9.59 Å². The van der Waals surface area contributed by atoms with E-state index in [1.165, 1.54) is 5.56 Å². The first-order chi connectivity index (χ1) is 9.79. The first kappa shape index (κ1) is 14.1. The Balaban J connectivity index is 1.99. The molecule has 2 atom stereocenters. The normalized spacial score (nSPS) is 24.0. The van der Waals surface area contributed by atoms with Crippen molar-refractivity contribution < 1.29 is 14.3 Å². The van der Waals surface area contributed by atoms with Gasteiger partial charge in [0.05, 0.1) is 6.04 Å². The SMILES string of the molecule is CC1C(=O)c2cccc3c2C1N(C(=O)OC(C)(C)C)CC3. The molecular weight excluding hydrogens is 266 g/mol. The third kappa shape index (κ3) is 2.23. The van der Waals surface area contributed by atoms with Crippen molar-refractivity contribution in [3.63, 3.8) is 0 Å².